The first-order valence-electron chi connectivity index (χ1n) is 9.36. The topological polar surface area (TPSA) is 88.4 Å². The fourth-order valence-corrected chi connectivity index (χ4v) is 4.14. The zero-order chi connectivity index (χ0) is 20.6. The average molecular weight is 455 g/mol. The number of anilines is 1. The van der Waals surface area contributed by atoms with E-state index < -0.39 is 5.41 Å². The van der Waals surface area contributed by atoms with Crippen LogP contribution in [-0.2, 0) is 15.0 Å². The highest BCUT2D eigenvalue weighted by atomic mass is 79.9. The number of carbonyl (C=O) groups excluding carboxylic acids is 3. The van der Waals surface area contributed by atoms with Crippen molar-refractivity contribution in [2.45, 2.75) is 31.6 Å². The van der Waals surface area contributed by atoms with Crippen LogP contribution in [0, 0.1) is 0 Å². The highest BCUT2D eigenvalue weighted by Gasteiger charge is 2.42. The van der Waals surface area contributed by atoms with E-state index in [-0.39, 0.29) is 23.5 Å². The van der Waals surface area contributed by atoms with Crippen LogP contribution in [0.25, 0.3) is 11.0 Å². The molecule has 3 amide bonds. The molecule has 1 fully saturated rings. The van der Waals surface area contributed by atoms with Crippen LogP contribution in [0.1, 0.15) is 42.3 Å². The van der Waals surface area contributed by atoms with Crippen LogP contribution in [0.15, 0.2) is 57.4 Å². The van der Waals surface area contributed by atoms with Gasteiger partial charge in [0, 0.05) is 22.0 Å². The number of halogens is 1. The number of imide groups is 1. The molecule has 3 aromatic rings. The second-order valence-corrected chi connectivity index (χ2v) is 8.05. The van der Waals surface area contributed by atoms with E-state index in [1.807, 2.05) is 31.2 Å². The minimum atomic E-state index is -0.720. The molecule has 1 aromatic heterocycles. The molecule has 0 aliphatic carbocycles. The lowest BCUT2D eigenvalue weighted by atomic mass is 9.72. The Hall–Kier alpha value is -2.93. The summed E-state index contributed by atoms with van der Waals surface area (Å²) in [6.07, 6.45) is 1.39. The maximum absolute atomic E-state index is 12.5. The number of amides is 3. The first-order chi connectivity index (χ1) is 13.9. The number of nitrogens with one attached hydrogen (secondary N) is 2. The zero-order valence-electron chi connectivity index (χ0n) is 15.8. The van der Waals surface area contributed by atoms with Crippen LogP contribution < -0.4 is 10.6 Å². The molecule has 4 rings (SSSR count). The van der Waals surface area contributed by atoms with E-state index in [0.29, 0.717) is 30.5 Å². The van der Waals surface area contributed by atoms with Crippen molar-refractivity contribution in [3.05, 3.63) is 64.3 Å². The highest BCUT2D eigenvalue weighted by Crippen LogP contribution is 2.36. The molecular weight excluding hydrogens is 436 g/mol. The Morgan fingerprint density at radius 2 is 1.93 bits per heavy atom. The average Bonchev–Trinajstić information content (AvgIpc) is 3.13. The Morgan fingerprint density at radius 1 is 1.17 bits per heavy atom. The van der Waals surface area contributed by atoms with Gasteiger partial charge in [-0.25, -0.2) is 0 Å². The van der Waals surface area contributed by atoms with Crippen molar-refractivity contribution in [2.24, 2.45) is 0 Å². The van der Waals surface area contributed by atoms with E-state index in [0.717, 1.165) is 15.4 Å². The Kier molecular flexibility index (Phi) is 5.00. The van der Waals surface area contributed by atoms with E-state index in [1.54, 1.807) is 24.3 Å². The second kappa shape index (κ2) is 7.48. The maximum Gasteiger partial charge on any atom is 0.291 e. The molecule has 6 nitrogen and oxygen atoms in total. The van der Waals surface area contributed by atoms with Gasteiger partial charge in [-0.15, -0.1) is 0 Å². The van der Waals surface area contributed by atoms with Gasteiger partial charge in [0.1, 0.15) is 5.58 Å². The molecule has 7 heteroatoms. The van der Waals surface area contributed by atoms with Crippen molar-refractivity contribution in [3.8, 4) is 0 Å². The van der Waals surface area contributed by atoms with Gasteiger partial charge in [0.15, 0.2) is 5.76 Å². The number of hydrogen-bond acceptors (Lipinski definition) is 4. The molecule has 1 saturated heterocycles. The van der Waals surface area contributed by atoms with Crippen molar-refractivity contribution in [2.75, 3.05) is 5.32 Å². The van der Waals surface area contributed by atoms with E-state index in [4.69, 9.17) is 4.42 Å². The number of piperidine rings is 1. The van der Waals surface area contributed by atoms with Crippen LogP contribution in [-0.4, -0.2) is 17.7 Å². The SMILES string of the molecule is CC[C@@]1(c2ccc(NC(=O)c3cc4cc(Br)ccc4o3)cc2)CCC(=O)NC1=O. The Balaban J connectivity index is 1.53. The Bertz CT molecular complexity index is 1120. The molecule has 2 heterocycles. The summed E-state index contributed by atoms with van der Waals surface area (Å²) in [5, 5.41) is 6.09. The summed E-state index contributed by atoms with van der Waals surface area (Å²) in [5.41, 5.74) is 1.34. The number of fused-ring (bicyclic) bond motifs is 1. The fourth-order valence-electron chi connectivity index (χ4n) is 3.76. The molecular formula is C22H19BrN2O4. The molecule has 1 aliphatic rings. The molecule has 0 saturated carbocycles. The molecule has 29 heavy (non-hydrogen) atoms. The molecule has 2 aromatic carbocycles. The van der Waals surface area contributed by atoms with Crippen molar-refractivity contribution in [3.63, 3.8) is 0 Å². The van der Waals surface area contributed by atoms with Crippen LogP contribution in [0.3, 0.4) is 0 Å². The van der Waals surface area contributed by atoms with E-state index in [1.165, 1.54) is 0 Å². The van der Waals surface area contributed by atoms with Gasteiger partial charge >= 0.3 is 0 Å². The van der Waals surface area contributed by atoms with Gasteiger partial charge in [0.25, 0.3) is 5.91 Å². The van der Waals surface area contributed by atoms with Crippen molar-refractivity contribution in [1.29, 1.82) is 0 Å². The number of furan rings is 1. The van der Waals surface area contributed by atoms with Crippen LogP contribution in [0.4, 0.5) is 5.69 Å². The van der Waals surface area contributed by atoms with Gasteiger partial charge in [-0.1, -0.05) is 35.0 Å². The first kappa shape index (κ1) is 19.4. The summed E-state index contributed by atoms with van der Waals surface area (Å²) in [7, 11) is 0. The molecule has 148 valence electrons. The molecule has 2 N–H and O–H groups in total. The lowest BCUT2D eigenvalue weighted by Gasteiger charge is -2.35. The van der Waals surface area contributed by atoms with Gasteiger partial charge in [0.2, 0.25) is 11.8 Å². The molecule has 0 radical (unpaired) electrons. The summed E-state index contributed by atoms with van der Waals surface area (Å²) in [6.45, 7) is 1.94. The Labute approximate surface area is 175 Å². The number of benzene rings is 2. The molecule has 1 aliphatic heterocycles. The summed E-state index contributed by atoms with van der Waals surface area (Å²) in [4.78, 5) is 36.6. The smallest absolute Gasteiger partial charge is 0.291 e. The van der Waals surface area contributed by atoms with Crippen molar-refractivity contribution in [1.82, 2.24) is 5.32 Å². The first-order valence-corrected chi connectivity index (χ1v) is 10.2. The fraction of sp³-hybridized carbons (Fsp3) is 0.227. The predicted octanol–water partition coefficient (Wildman–Crippen LogP) is 4.53. The molecule has 1 atom stereocenters. The van der Waals surface area contributed by atoms with Crippen LogP contribution in [0.2, 0.25) is 0 Å². The predicted molar refractivity (Wildman–Crippen MR) is 113 cm³/mol. The van der Waals surface area contributed by atoms with E-state index in [2.05, 4.69) is 26.6 Å². The molecule has 0 unspecified atom stereocenters. The molecule has 0 bridgehead atoms. The highest BCUT2D eigenvalue weighted by molar-refractivity contribution is 9.10. The van der Waals surface area contributed by atoms with Crippen molar-refractivity contribution >= 4 is 50.3 Å². The number of hydrogen-bond donors (Lipinski definition) is 2. The van der Waals surface area contributed by atoms with Gasteiger partial charge < -0.3 is 9.73 Å². The quantitative estimate of drug-likeness (QED) is 0.566. The molecule has 0 spiro atoms. The van der Waals surface area contributed by atoms with Crippen molar-refractivity contribution < 1.29 is 18.8 Å². The second-order valence-electron chi connectivity index (χ2n) is 7.14. The maximum atomic E-state index is 12.5. The number of carbonyl (C=O) groups is 3. The third kappa shape index (κ3) is 3.58. The monoisotopic (exact) mass is 454 g/mol. The van der Waals surface area contributed by atoms with Crippen LogP contribution in [0.5, 0.6) is 0 Å². The lowest BCUT2D eigenvalue weighted by Crippen LogP contribution is -2.51. The van der Waals surface area contributed by atoms with Gasteiger partial charge in [-0.3, -0.25) is 19.7 Å². The summed E-state index contributed by atoms with van der Waals surface area (Å²) >= 11 is 3.40. The van der Waals surface area contributed by atoms with Gasteiger partial charge in [-0.05, 0) is 54.8 Å². The lowest BCUT2D eigenvalue weighted by molar-refractivity contribution is -0.138. The van der Waals surface area contributed by atoms with Crippen LogP contribution >= 0.6 is 15.9 Å². The van der Waals surface area contributed by atoms with Gasteiger partial charge in [0.05, 0.1) is 5.41 Å². The van der Waals surface area contributed by atoms with E-state index in [9.17, 15) is 14.4 Å². The minimum Gasteiger partial charge on any atom is -0.451 e. The zero-order valence-corrected chi connectivity index (χ0v) is 17.3. The van der Waals surface area contributed by atoms with E-state index >= 15 is 0 Å². The summed E-state index contributed by atoms with van der Waals surface area (Å²) in [5.74, 6) is -0.629. The standard InChI is InChI=1S/C22H19BrN2O4/c1-2-22(10-9-19(26)25-21(22)28)14-3-6-16(7-4-14)24-20(27)18-12-13-11-15(23)5-8-17(13)29-18/h3-8,11-12H,2,9-10H2,1H3,(H,24,27)(H,25,26,28)/t22-/m0/s1. The summed E-state index contributed by atoms with van der Waals surface area (Å²) < 4.78 is 6.52. The largest absolute Gasteiger partial charge is 0.451 e. The van der Waals surface area contributed by atoms with Gasteiger partial charge in [-0.2, -0.15) is 0 Å². The normalized spacial score (nSPS) is 19.2. The third-order valence-electron chi connectivity index (χ3n) is 5.47. The minimum absolute atomic E-state index is 0.220. The third-order valence-corrected chi connectivity index (χ3v) is 5.96. The Morgan fingerprint density at radius 3 is 2.62 bits per heavy atom. The number of rotatable bonds is 4. The summed E-state index contributed by atoms with van der Waals surface area (Å²) in [6, 6.07) is 14.4.